The zero-order chi connectivity index (χ0) is 12.4. The summed E-state index contributed by atoms with van der Waals surface area (Å²) in [5.41, 5.74) is 2.67. The van der Waals surface area contributed by atoms with Gasteiger partial charge >= 0.3 is 0 Å². The Kier molecular flexibility index (Phi) is 3.72. The van der Waals surface area contributed by atoms with Gasteiger partial charge in [0.25, 0.3) is 0 Å². The first-order valence-electron chi connectivity index (χ1n) is 6.48. The Bertz CT molecular complexity index is 385. The predicted molar refractivity (Wildman–Crippen MR) is 69.5 cm³/mol. The van der Waals surface area contributed by atoms with Gasteiger partial charge in [-0.25, -0.2) is 0 Å². The average Bonchev–Trinajstić information content (AvgIpc) is 2.36. The third kappa shape index (κ3) is 2.47. The van der Waals surface area contributed by atoms with Crippen molar-refractivity contribution in [3.63, 3.8) is 0 Å². The number of ether oxygens (including phenoxy) is 1. The van der Waals surface area contributed by atoms with E-state index in [2.05, 4.69) is 26.0 Å². The zero-order valence-corrected chi connectivity index (χ0v) is 10.9. The molecular formula is C15H22O2. The van der Waals surface area contributed by atoms with Crippen molar-refractivity contribution in [1.29, 1.82) is 0 Å². The second-order valence-electron chi connectivity index (χ2n) is 5.30. The molecule has 2 heteroatoms. The summed E-state index contributed by atoms with van der Waals surface area (Å²) < 4.78 is 5.29. The van der Waals surface area contributed by atoms with E-state index in [0.717, 1.165) is 18.6 Å². The molecule has 0 spiro atoms. The van der Waals surface area contributed by atoms with Crippen LogP contribution in [0.2, 0.25) is 0 Å². The van der Waals surface area contributed by atoms with Crippen LogP contribution >= 0.6 is 0 Å². The molecule has 0 saturated carbocycles. The first kappa shape index (κ1) is 12.4. The minimum Gasteiger partial charge on any atom is -0.497 e. The Labute approximate surface area is 104 Å². The van der Waals surface area contributed by atoms with Crippen molar-refractivity contribution in [3.8, 4) is 5.75 Å². The van der Waals surface area contributed by atoms with E-state index in [0.29, 0.717) is 5.92 Å². The van der Waals surface area contributed by atoms with Gasteiger partial charge in [0.2, 0.25) is 0 Å². The first-order valence-corrected chi connectivity index (χ1v) is 6.48. The van der Waals surface area contributed by atoms with Crippen LogP contribution in [0.1, 0.15) is 43.7 Å². The number of hydrogen-bond acceptors (Lipinski definition) is 2. The fraction of sp³-hybridized carbons (Fsp3) is 0.600. The number of benzene rings is 1. The second kappa shape index (κ2) is 5.09. The van der Waals surface area contributed by atoms with E-state index in [-0.39, 0.29) is 12.0 Å². The molecule has 0 fully saturated rings. The number of aliphatic hydroxyl groups excluding tert-OH is 1. The lowest BCUT2D eigenvalue weighted by atomic mass is 9.77. The summed E-state index contributed by atoms with van der Waals surface area (Å²) in [7, 11) is 1.69. The standard InChI is InChI=1S/C15H22O2/c1-10(2)15(16)13-6-4-5-11-7-8-12(17-3)9-14(11)13/h7-10,13,15-16H,4-6H2,1-3H3. The van der Waals surface area contributed by atoms with Crippen LogP contribution in [0, 0.1) is 5.92 Å². The first-order chi connectivity index (χ1) is 8.13. The highest BCUT2D eigenvalue weighted by Gasteiger charge is 2.28. The summed E-state index contributed by atoms with van der Waals surface area (Å²) in [5.74, 6) is 1.47. The van der Waals surface area contributed by atoms with Crippen LogP contribution in [0.4, 0.5) is 0 Å². The minimum atomic E-state index is -0.249. The van der Waals surface area contributed by atoms with Gasteiger partial charge in [-0.05, 0) is 48.4 Å². The van der Waals surface area contributed by atoms with Crippen molar-refractivity contribution in [2.45, 2.75) is 45.1 Å². The van der Waals surface area contributed by atoms with Gasteiger partial charge < -0.3 is 9.84 Å². The van der Waals surface area contributed by atoms with Crippen molar-refractivity contribution in [2.75, 3.05) is 7.11 Å². The molecule has 94 valence electrons. The van der Waals surface area contributed by atoms with Crippen LogP contribution in [-0.4, -0.2) is 18.3 Å². The minimum absolute atomic E-state index is 0.249. The molecule has 2 atom stereocenters. The van der Waals surface area contributed by atoms with Crippen LogP contribution in [0.3, 0.4) is 0 Å². The van der Waals surface area contributed by atoms with E-state index in [1.165, 1.54) is 17.5 Å². The highest BCUT2D eigenvalue weighted by Crippen LogP contribution is 2.37. The van der Waals surface area contributed by atoms with Crippen LogP contribution in [0.25, 0.3) is 0 Å². The fourth-order valence-corrected chi connectivity index (χ4v) is 2.76. The highest BCUT2D eigenvalue weighted by atomic mass is 16.5. The summed E-state index contributed by atoms with van der Waals surface area (Å²) >= 11 is 0. The molecule has 1 aliphatic carbocycles. The molecule has 1 aromatic rings. The molecule has 0 heterocycles. The smallest absolute Gasteiger partial charge is 0.119 e. The number of methoxy groups -OCH3 is 1. The molecule has 17 heavy (non-hydrogen) atoms. The van der Waals surface area contributed by atoms with E-state index in [1.807, 2.05) is 6.07 Å². The van der Waals surface area contributed by atoms with Crippen molar-refractivity contribution in [3.05, 3.63) is 29.3 Å². The van der Waals surface area contributed by atoms with Gasteiger partial charge in [0.05, 0.1) is 13.2 Å². The number of aryl methyl sites for hydroxylation is 1. The third-order valence-corrected chi connectivity index (χ3v) is 3.81. The van der Waals surface area contributed by atoms with Gasteiger partial charge in [-0.1, -0.05) is 19.9 Å². The van der Waals surface area contributed by atoms with Gasteiger partial charge in [-0.15, -0.1) is 0 Å². The van der Waals surface area contributed by atoms with Gasteiger partial charge in [0.1, 0.15) is 5.75 Å². The molecule has 1 N–H and O–H groups in total. The maximum atomic E-state index is 10.3. The van der Waals surface area contributed by atoms with Crippen molar-refractivity contribution >= 4 is 0 Å². The molecule has 1 aliphatic rings. The number of fused-ring (bicyclic) bond motifs is 1. The van der Waals surface area contributed by atoms with Crippen molar-refractivity contribution < 1.29 is 9.84 Å². The summed E-state index contributed by atoms with van der Waals surface area (Å²) in [4.78, 5) is 0. The van der Waals surface area contributed by atoms with Crippen LogP contribution < -0.4 is 4.74 Å². The Morgan fingerprint density at radius 2 is 2.12 bits per heavy atom. The number of rotatable bonds is 3. The topological polar surface area (TPSA) is 29.5 Å². The van der Waals surface area contributed by atoms with E-state index < -0.39 is 0 Å². The lowest BCUT2D eigenvalue weighted by molar-refractivity contribution is 0.0892. The van der Waals surface area contributed by atoms with Gasteiger partial charge in [0.15, 0.2) is 0 Å². The molecule has 0 aromatic heterocycles. The number of hydrogen-bond donors (Lipinski definition) is 1. The Balaban J connectivity index is 2.35. The Hall–Kier alpha value is -1.02. The van der Waals surface area contributed by atoms with Crippen LogP contribution in [-0.2, 0) is 6.42 Å². The van der Waals surface area contributed by atoms with E-state index >= 15 is 0 Å². The zero-order valence-electron chi connectivity index (χ0n) is 10.9. The molecule has 2 nitrogen and oxygen atoms in total. The molecule has 2 rings (SSSR count). The largest absolute Gasteiger partial charge is 0.497 e. The molecule has 0 bridgehead atoms. The maximum absolute atomic E-state index is 10.3. The van der Waals surface area contributed by atoms with E-state index in [1.54, 1.807) is 7.11 Å². The van der Waals surface area contributed by atoms with Crippen LogP contribution in [0.5, 0.6) is 5.75 Å². The molecular weight excluding hydrogens is 212 g/mol. The quantitative estimate of drug-likeness (QED) is 0.870. The van der Waals surface area contributed by atoms with Crippen molar-refractivity contribution in [1.82, 2.24) is 0 Å². The number of aliphatic hydroxyl groups is 1. The van der Waals surface area contributed by atoms with E-state index in [9.17, 15) is 5.11 Å². The monoisotopic (exact) mass is 234 g/mol. The summed E-state index contributed by atoms with van der Waals surface area (Å²) in [5, 5.41) is 10.3. The summed E-state index contributed by atoms with van der Waals surface area (Å²) in [6.07, 6.45) is 3.13. The van der Waals surface area contributed by atoms with Crippen LogP contribution in [0.15, 0.2) is 18.2 Å². The molecule has 0 amide bonds. The lowest BCUT2D eigenvalue weighted by Crippen LogP contribution is -2.27. The highest BCUT2D eigenvalue weighted by molar-refractivity contribution is 5.40. The SMILES string of the molecule is COc1ccc2c(c1)C(C(O)C(C)C)CCC2. The molecule has 2 unspecified atom stereocenters. The lowest BCUT2D eigenvalue weighted by Gasteiger charge is -2.31. The van der Waals surface area contributed by atoms with Gasteiger partial charge in [0, 0.05) is 5.92 Å². The third-order valence-electron chi connectivity index (χ3n) is 3.81. The van der Waals surface area contributed by atoms with Gasteiger partial charge in [-0.3, -0.25) is 0 Å². The van der Waals surface area contributed by atoms with Crippen molar-refractivity contribution in [2.24, 2.45) is 5.92 Å². The average molecular weight is 234 g/mol. The Morgan fingerprint density at radius 1 is 1.35 bits per heavy atom. The molecule has 0 saturated heterocycles. The molecule has 0 radical (unpaired) electrons. The van der Waals surface area contributed by atoms with Gasteiger partial charge in [-0.2, -0.15) is 0 Å². The molecule has 0 aliphatic heterocycles. The Morgan fingerprint density at radius 3 is 2.76 bits per heavy atom. The molecule has 1 aromatic carbocycles. The summed E-state index contributed by atoms with van der Waals surface area (Å²) in [6, 6.07) is 6.26. The fourth-order valence-electron chi connectivity index (χ4n) is 2.76. The van der Waals surface area contributed by atoms with E-state index in [4.69, 9.17) is 4.74 Å². The maximum Gasteiger partial charge on any atom is 0.119 e. The summed E-state index contributed by atoms with van der Waals surface area (Å²) in [6.45, 7) is 4.16. The normalized spacial score (nSPS) is 21.1. The second-order valence-corrected chi connectivity index (χ2v) is 5.30. The predicted octanol–water partition coefficient (Wildman–Crippen LogP) is 3.13.